The highest BCUT2D eigenvalue weighted by molar-refractivity contribution is 6.81. The minimum absolute atomic E-state index is 0.240. The molecular weight excluding hydrogens is 384 g/mol. The summed E-state index contributed by atoms with van der Waals surface area (Å²) in [4.78, 5) is 23.8. The third kappa shape index (κ3) is 11.1. The van der Waals surface area contributed by atoms with E-state index in [1.807, 2.05) is 13.8 Å². The summed E-state index contributed by atoms with van der Waals surface area (Å²) in [6, 6.07) is 0. The van der Waals surface area contributed by atoms with Crippen molar-refractivity contribution in [1.82, 2.24) is 0 Å². The van der Waals surface area contributed by atoms with Crippen LogP contribution in [0, 0.1) is 0 Å². The number of carbonyl (C=O) groups excluding carboxylic acids is 2. The normalized spacial score (nSPS) is 15.4. The molecule has 0 saturated heterocycles. The van der Waals surface area contributed by atoms with E-state index < -0.39 is 43.1 Å². The van der Waals surface area contributed by atoms with Crippen molar-refractivity contribution in [3.63, 3.8) is 0 Å². The smallest absolute Gasteiger partial charge is 0.346 e. The minimum atomic E-state index is -2.31. The Labute approximate surface area is 162 Å². The van der Waals surface area contributed by atoms with Crippen molar-refractivity contribution in [3.05, 3.63) is 12.2 Å². The third-order valence-corrected chi connectivity index (χ3v) is 12.1. The molecule has 0 amide bonds. The van der Waals surface area contributed by atoms with Gasteiger partial charge in [-0.05, 0) is 66.5 Å². The lowest BCUT2D eigenvalue weighted by Crippen LogP contribution is -2.57. The second-order valence-corrected chi connectivity index (χ2v) is 20.9. The largest absolute Gasteiger partial charge is 0.460 e. The molecule has 0 spiro atoms. The summed E-state index contributed by atoms with van der Waals surface area (Å²) in [6.07, 6.45) is 2.53. The van der Waals surface area contributed by atoms with Gasteiger partial charge in [0.1, 0.15) is 5.22 Å². The standard InChI is InChI=1S/C17H36O6Si3/c1-11-17(4,21-16(19)13-12-15(18)20-14(2)3)24(22-25(5,6)7)23-26(8,9)10/h12-14,24H,11H2,1-10H3. The summed E-state index contributed by atoms with van der Waals surface area (Å²) in [7, 11) is -6.07. The van der Waals surface area contributed by atoms with E-state index in [1.165, 1.54) is 0 Å². The van der Waals surface area contributed by atoms with Crippen molar-refractivity contribution in [1.29, 1.82) is 0 Å². The van der Waals surface area contributed by atoms with Crippen molar-refractivity contribution in [3.8, 4) is 0 Å². The van der Waals surface area contributed by atoms with E-state index in [-0.39, 0.29) is 6.10 Å². The third-order valence-electron chi connectivity index (χ3n) is 3.16. The van der Waals surface area contributed by atoms with Crippen LogP contribution < -0.4 is 0 Å². The predicted octanol–water partition coefficient (Wildman–Crippen LogP) is 3.67. The highest BCUT2D eigenvalue weighted by atomic mass is 28.4. The SMILES string of the molecule is CCC(C)(OC(=O)C=CC(=O)OC(C)C)[SiH](O[Si](C)(C)C)O[Si](C)(C)C. The van der Waals surface area contributed by atoms with E-state index in [2.05, 4.69) is 39.3 Å². The van der Waals surface area contributed by atoms with Gasteiger partial charge in [-0.15, -0.1) is 0 Å². The molecule has 0 aliphatic heterocycles. The quantitative estimate of drug-likeness (QED) is 0.305. The second-order valence-electron chi connectivity index (χ2n) is 8.70. The molecule has 0 aliphatic rings. The second kappa shape index (κ2) is 9.98. The first kappa shape index (κ1) is 25.3. The molecule has 0 radical (unpaired) electrons. The molecule has 1 unspecified atom stereocenters. The summed E-state index contributed by atoms with van der Waals surface area (Å²) in [5.74, 6) is -1.16. The van der Waals surface area contributed by atoms with Gasteiger partial charge in [-0.1, -0.05) is 6.92 Å². The molecule has 26 heavy (non-hydrogen) atoms. The molecule has 0 aromatic rings. The Morgan fingerprint density at radius 2 is 1.38 bits per heavy atom. The monoisotopic (exact) mass is 420 g/mol. The van der Waals surface area contributed by atoms with Crippen molar-refractivity contribution >= 4 is 37.9 Å². The van der Waals surface area contributed by atoms with Crippen molar-refractivity contribution in [2.45, 2.75) is 84.7 Å². The minimum Gasteiger partial charge on any atom is -0.460 e. The molecule has 6 nitrogen and oxygen atoms in total. The average molecular weight is 421 g/mol. The van der Waals surface area contributed by atoms with Crippen LogP contribution in [-0.2, 0) is 27.3 Å². The van der Waals surface area contributed by atoms with Crippen LogP contribution in [0.2, 0.25) is 39.3 Å². The number of carbonyl (C=O) groups is 2. The summed E-state index contributed by atoms with van der Waals surface area (Å²) < 4.78 is 23.4. The highest BCUT2D eigenvalue weighted by Crippen LogP contribution is 2.26. The molecule has 0 N–H and O–H groups in total. The summed E-state index contributed by atoms with van der Waals surface area (Å²) in [5, 5.41) is -0.816. The predicted molar refractivity (Wildman–Crippen MR) is 111 cm³/mol. The van der Waals surface area contributed by atoms with E-state index in [9.17, 15) is 9.59 Å². The van der Waals surface area contributed by atoms with E-state index in [0.29, 0.717) is 6.42 Å². The van der Waals surface area contributed by atoms with Crippen molar-refractivity contribution in [2.24, 2.45) is 0 Å². The van der Waals surface area contributed by atoms with E-state index in [0.717, 1.165) is 12.2 Å². The molecule has 1 atom stereocenters. The lowest BCUT2D eigenvalue weighted by atomic mass is 10.3. The van der Waals surface area contributed by atoms with Crippen molar-refractivity contribution < 1.29 is 27.3 Å². The highest BCUT2D eigenvalue weighted by Gasteiger charge is 2.45. The van der Waals surface area contributed by atoms with Crippen LogP contribution in [0.3, 0.4) is 0 Å². The Kier molecular flexibility index (Phi) is 9.69. The van der Waals surface area contributed by atoms with Crippen LogP contribution >= 0.6 is 0 Å². The summed E-state index contributed by atoms with van der Waals surface area (Å²) in [5.41, 5.74) is 0. The number of hydrogen-bond donors (Lipinski definition) is 0. The fraction of sp³-hybridized carbons (Fsp3) is 0.765. The number of hydrogen-bond acceptors (Lipinski definition) is 6. The van der Waals surface area contributed by atoms with Gasteiger partial charge in [0, 0.05) is 12.2 Å². The Morgan fingerprint density at radius 3 is 1.73 bits per heavy atom. The maximum atomic E-state index is 12.3. The van der Waals surface area contributed by atoms with Gasteiger partial charge >= 0.3 is 21.2 Å². The van der Waals surface area contributed by atoms with Gasteiger partial charge in [-0.3, -0.25) is 0 Å². The van der Waals surface area contributed by atoms with Crippen molar-refractivity contribution in [2.75, 3.05) is 0 Å². The molecule has 0 saturated carbocycles. The topological polar surface area (TPSA) is 71.1 Å². The van der Waals surface area contributed by atoms with Gasteiger partial charge in [0.25, 0.3) is 0 Å². The number of esters is 2. The lowest BCUT2D eigenvalue weighted by molar-refractivity contribution is -0.148. The maximum Gasteiger partial charge on any atom is 0.346 e. The van der Waals surface area contributed by atoms with Crippen LogP contribution in [0.4, 0.5) is 0 Å². The molecule has 0 aromatic heterocycles. The Hall–Kier alpha value is -0.749. The summed E-state index contributed by atoms with van der Waals surface area (Å²) >= 11 is 0. The molecule has 0 aromatic carbocycles. The molecule has 9 heteroatoms. The number of ether oxygens (including phenoxy) is 2. The Bertz CT molecular complexity index is 492. The molecule has 152 valence electrons. The first-order chi connectivity index (χ1) is 11.6. The fourth-order valence-corrected chi connectivity index (χ4v) is 10.2. The molecule has 0 rings (SSSR count). The molecule has 0 heterocycles. The van der Waals surface area contributed by atoms with E-state index >= 15 is 0 Å². The molecule has 0 fully saturated rings. The first-order valence-corrected chi connectivity index (χ1v) is 17.4. The van der Waals surface area contributed by atoms with E-state index in [1.54, 1.807) is 13.8 Å². The first-order valence-electron chi connectivity index (χ1n) is 9.05. The van der Waals surface area contributed by atoms with Crippen LogP contribution in [0.1, 0.15) is 34.1 Å². The maximum absolute atomic E-state index is 12.3. The molecule has 0 bridgehead atoms. The Balaban J connectivity index is 5.30. The van der Waals surface area contributed by atoms with Crippen LogP contribution in [0.25, 0.3) is 0 Å². The zero-order valence-corrected chi connectivity index (χ0v) is 21.1. The fourth-order valence-electron chi connectivity index (χ4n) is 1.87. The van der Waals surface area contributed by atoms with Gasteiger partial charge in [0.2, 0.25) is 0 Å². The van der Waals surface area contributed by atoms with Gasteiger partial charge in [-0.25, -0.2) is 9.59 Å². The molecular formula is C17H36O6Si3. The van der Waals surface area contributed by atoms with Crippen LogP contribution in [0.5, 0.6) is 0 Å². The van der Waals surface area contributed by atoms with E-state index in [4.69, 9.17) is 17.7 Å². The lowest BCUT2D eigenvalue weighted by Gasteiger charge is -2.40. The van der Waals surface area contributed by atoms with Gasteiger partial charge in [0.15, 0.2) is 16.6 Å². The van der Waals surface area contributed by atoms with Gasteiger partial charge in [0.05, 0.1) is 6.10 Å². The van der Waals surface area contributed by atoms with Gasteiger partial charge < -0.3 is 17.7 Å². The average Bonchev–Trinajstić information content (AvgIpc) is 2.40. The van der Waals surface area contributed by atoms with Gasteiger partial charge in [-0.2, -0.15) is 0 Å². The zero-order valence-electron chi connectivity index (χ0n) is 18.0. The van der Waals surface area contributed by atoms with Crippen LogP contribution in [0.15, 0.2) is 12.2 Å². The molecule has 0 aliphatic carbocycles. The Morgan fingerprint density at radius 1 is 0.962 bits per heavy atom. The van der Waals surface area contributed by atoms with Crippen LogP contribution in [-0.4, -0.2) is 49.2 Å². The summed E-state index contributed by atoms with van der Waals surface area (Å²) in [6.45, 7) is 19.9. The zero-order chi connectivity index (χ0) is 20.8. The number of rotatable bonds is 10.